The van der Waals surface area contributed by atoms with Gasteiger partial charge >= 0.3 is 0 Å². The highest BCUT2D eigenvalue weighted by molar-refractivity contribution is 7.86. The molecule has 2 aliphatic heterocycles. The van der Waals surface area contributed by atoms with Gasteiger partial charge in [0.25, 0.3) is 0 Å². The van der Waals surface area contributed by atoms with E-state index in [4.69, 9.17) is 4.74 Å². The maximum atomic E-state index is 12.7. The predicted molar refractivity (Wildman–Crippen MR) is 77.5 cm³/mol. The maximum absolute atomic E-state index is 12.7. The van der Waals surface area contributed by atoms with E-state index in [1.807, 2.05) is 6.92 Å². The van der Waals surface area contributed by atoms with E-state index in [0.29, 0.717) is 11.4 Å². The number of pyridine rings is 1. The minimum Gasteiger partial charge on any atom is -0.481 e. The first-order valence-electron chi connectivity index (χ1n) is 7.04. The Morgan fingerprint density at radius 3 is 2.55 bits per heavy atom. The summed E-state index contributed by atoms with van der Waals surface area (Å²) < 4.78 is 17.1. The van der Waals surface area contributed by atoms with Gasteiger partial charge in [0.15, 0.2) is 5.78 Å². The van der Waals surface area contributed by atoms with Crippen LogP contribution in [0.1, 0.15) is 41.6 Å². The molecule has 0 aromatic carbocycles. The van der Waals surface area contributed by atoms with E-state index in [9.17, 15) is 9.00 Å². The van der Waals surface area contributed by atoms with Gasteiger partial charge in [0.1, 0.15) is 0 Å². The van der Waals surface area contributed by atoms with Crippen LogP contribution < -0.4 is 4.74 Å². The molecule has 0 amide bonds. The molecular weight excluding hydrogens is 274 g/mol. The van der Waals surface area contributed by atoms with Crippen molar-refractivity contribution in [3.05, 3.63) is 23.4 Å². The van der Waals surface area contributed by atoms with Gasteiger partial charge in [0.05, 0.1) is 7.11 Å². The molecule has 2 atom stereocenters. The molecule has 2 unspecified atom stereocenters. The molecule has 1 aromatic heterocycles. The number of fused-ring (bicyclic) bond motifs is 2. The Labute approximate surface area is 121 Å². The Hall–Kier alpha value is -1.23. The molecule has 2 saturated heterocycles. The summed E-state index contributed by atoms with van der Waals surface area (Å²) in [5.74, 6) is 0.703. The summed E-state index contributed by atoms with van der Waals surface area (Å²) >= 11 is 0. The van der Waals surface area contributed by atoms with Crippen molar-refractivity contribution in [2.24, 2.45) is 5.92 Å². The lowest BCUT2D eigenvalue weighted by Crippen LogP contribution is -2.32. The molecular formula is C15H19NO3S. The van der Waals surface area contributed by atoms with Gasteiger partial charge in [-0.25, -0.2) is 4.98 Å². The van der Waals surface area contributed by atoms with Crippen LogP contribution in [0.5, 0.6) is 5.88 Å². The van der Waals surface area contributed by atoms with Crippen molar-refractivity contribution in [3.63, 3.8) is 0 Å². The highest BCUT2D eigenvalue weighted by Crippen LogP contribution is 2.40. The lowest BCUT2D eigenvalue weighted by Gasteiger charge is -2.26. The third-order valence-corrected chi connectivity index (χ3v) is 6.66. The lowest BCUT2D eigenvalue weighted by atomic mass is 9.89. The van der Waals surface area contributed by atoms with Crippen LogP contribution in [0.2, 0.25) is 0 Å². The molecule has 108 valence electrons. The van der Waals surface area contributed by atoms with E-state index in [0.717, 1.165) is 31.2 Å². The first-order chi connectivity index (χ1) is 9.60. The second-order valence-electron chi connectivity index (χ2n) is 5.72. The molecule has 5 heteroatoms. The van der Waals surface area contributed by atoms with Gasteiger partial charge in [-0.15, -0.1) is 0 Å². The highest BCUT2D eigenvalue weighted by Gasteiger charge is 2.43. The number of aromatic nitrogens is 1. The van der Waals surface area contributed by atoms with Crippen LogP contribution in [0.15, 0.2) is 12.3 Å². The van der Waals surface area contributed by atoms with Gasteiger partial charge in [-0.2, -0.15) is 0 Å². The molecule has 0 radical (unpaired) electrons. The van der Waals surface area contributed by atoms with E-state index in [-0.39, 0.29) is 22.2 Å². The van der Waals surface area contributed by atoms with Crippen molar-refractivity contribution in [3.8, 4) is 5.88 Å². The number of hydrogen-bond acceptors (Lipinski definition) is 4. The number of ketones is 1. The Kier molecular flexibility index (Phi) is 3.63. The van der Waals surface area contributed by atoms with Gasteiger partial charge in [-0.05, 0) is 38.2 Å². The molecule has 20 heavy (non-hydrogen) atoms. The monoisotopic (exact) mass is 293 g/mol. The first kappa shape index (κ1) is 13.7. The fourth-order valence-electron chi connectivity index (χ4n) is 3.37. The predicted octanol–water partition coefficient (Wildman–Crippen LogP) is 2.27. The van der Waals surface area contributed by atoms with Crippen LogP contribution in [0.4, 0.5) is 0 Å². The van der Waals surface area contributed by atoms with Crippen molar-refractivity contribution in [2.75, 3.05) is 7.11 Å². The number of hydrogen-bond donors (Lipinski definition) is 0. The Balaban J connectivity index is 1.81. The van der Waals surface area contributed by atoms with Gasteiger partial charge in [-0.3, -0.25) is 9.00 Å². The third kappa shape index (κ3) is 2.28. The summed E-state index contributed by atoms with van der Waals surface area (Å²) in [5.41, 5.74) is 1.59. The quantitative estimate of drug-likeness (QED) is 0.802. The molecule has 2 bridgehead atoms. The summed E-state index contributed by atoms with van der Waals surface area (Å²) in [4.78, 5) is 16.8. The van der Waals surface area contributed by atoms with E-state index in [1.54, 1.807) is 19.4 Å². The average molecular weight is 293 g/mol. The van der Waals surface area contributed by atoms with Crippen molar-refractivity contribution < 1.29 is 13.7 Å². The number of nitrogens with zero attached hydrogens (tertiary/aromatic N) is 1. The van der Waals surface area contributed by atoms with Crippen LogP contribution in [0.25, 0.3) is 0 Å². The first-order valence-corrected chi connectivity index (χ1v) is 8.32. The Morgan fingerprint density at radius 1 is 1.35 bits per heavy atom. The summed E-state index contributed by atoms with van der Waals surface area (Å²) in [6.45, 7) is 1.91. The van der Waals surface area contributed by atoms with Gasteiger partial charge < -0.3 is 4.74 Å². The van der Waals surface area contributed by atoms with Crippen molar-refractivity contribution in [1.82, 2.24) is 4.98 Å². The van der Waals surface area contributed by atoms with Gasteiger partial charge in [-0.1, -0.05) is 0 Å². The van der Waals surface area contributed by atoms with Gasteiger partial charge in [0, 0.05) is 45.0 Å². The van der Waals surface area contributed by atoms with Crippen LogP contribution >= 0.6 is 0 Å². The van der Waals surface area contributed by atoms with Crippen LogP contribution in [0, 0.1) is 12.8 Å². The van der Waals surface area contributed by atoms with Crippen molar-refractivity contribution >= 4 is 16.6 Å². The topological polar surface area (TPSA) is 56.3 Å². The summed E-state index contributed by atoms with van der Waals surface area (Å²) in [5, 5.41) is 0.462. The zero-order valence-electron chi connectivity index (χ0n) is 11.8. The standard InChI is InChI=1S/C15H19NO3S/c1-9-5-14(19-2)16-8-13(9)15(17)10-6-11-3-4-12(7-10)20(11)18/h5,8,10-12H,3-4,6-7H2,1-2H3. The fourth-order valence-corrected chi connectivity index (χ4v) is 5.49. The van der Waals surface area contributed by atoms with E-state index >= 15 is 0 Å². The minimum absolute atomic E-state index is 0.0131. The summed E-state index contributed by atoms with van der Waals surface area (Å²) in [7, 11) is 0.856. The van der Waals surface area contributed by atoms with Gasteiger partial charge in [0.2, 0.25) is 5.88 Å². The second-order valence-corrected chi connectivity index (χ2v) is 7.71. The lowest BCUT2D eigenvalue weighted by molar-refractivity contribution is 0.0905. The van der Waals surface area contributed by atoms with Crippen LogP contribution in [-0.2, 0) is 10.8 Å². The summed E-state index contributed by atoms with van der Waals surface area (Å²) in [6, 6.07) is 1.79. The smallest absolute Gasteiger partial charge is 0.213 e. The third-order valence-electron chi connectivity index (χ3n) is 4.49. The van der Waals surface area contributed by atoms with Crippen molar-refractivity contribution in [2.45, 2.75) is 43.1 Å². The van der Waals surface area contributed by atoms with E-state index < -0.39 is 10.8 Å². The molecule has 4 nitrogen and oxygen atoms in total. The maximum Gasteiger partial charge on any atom is 0.213 e. The van der Waals surface area contributed by atoms with Crippen LogP contribution in [0.3, 0.4) is 0 Å². The van der Waals surface area contributed by atoms with Crippen molar-refractivity contribution in [1.29, 1.82) is 0 Å². The molecule has 3 rings (SSSR count). The molecule has 0 saturated carbocycles. The normalized spacial score (nSPS) is 32.1. The number of carbonyl (C=O) groups excluding carboxylic acids is 1. The van der Waals surface area contributed by atoms with E-state index in [1.165, 1.54) is 0 Å². The molecule has 2 fully saturated rings. The largest absolute Gasteiger partial charge is 0.481 e. The highest BCUT2D eigenvalue weighted by atomic mass is 32.2. The molecule has 0 spiro atoms. The molecule has 1 aromatic rings. The van der Waals surface area contributed by atoms with E-state index in [2.05, 4.69) is 4.98 Å². The number of aryl methyl sites for hydroxylation is 1. The second kappa shape index (κ2) is 5.28. The fraction of sp³-hybridized carbons (Fsp3) is 0.600. The van der Waals surface area contributed by atoms with Crippen LogP contribution in [-0.4, -0.2) is 32.6 Å². The molecule has 3 heterocycles. The Morgan fingerprint density at radius 2 is 2.00 bits per heavy atom. The zero-order valence-corrected chi connectivity index (χ0v) is 12.6. The zero-order chi connectivity index (χ0) is 14.3. The average Bonchev–Trinajstić information content (AvgIpc) is 2.67. The number of rotatable bonds is 3. The molecule has 0 N–H and O–H groups in total. The summed E-state index contributed by atoms with van der Waals surface area (Å²) in [6.07, 6.45) is 5.19. The minimum atomic E-state index is -0.711. The molecule has 0 aliphatic carbocycles. The SMILES string of the molecule is COc1cc(C)c(C(=O)C2CC3CCC(C2)S3=O)cn1. The molecule has 2 aliphatic rings. The number of ether oxygens (including phenoxy) is 1. The number of methoxy groups -OCH3 is 1. The number of carbonyl (C=O) groups is 1. The number of Topliss-reactive ketones (excluding diaryl/α,β-unsaturated/α-hetero) is 1. The Bertz CT molecular complexity index is 556.